The molecule has 0 saturated carbocycles. The normalized spacial score (nSPS) is 14.2. The number of imide groups is 1. The van der Waals surface area contributed by atoms with Crippen molar-refractivity contribution in [3.63, 3.8) is 0 Å². The van der Waals surface area contributed by atoms with Gasteiger partial charge in [-0.2, -0.15) is 0 Å². The zero-order valence-corrected chi connectivity index (χ0v) is 23.1. The summed E-state index contributed by atoms with van der Waals surface area (Å²) in [6.45, 7) is 2.15. The molecule has 0 bridgehead atoms. The summed E-state index contributed by atoms with van der Waals surface area (Å²) in [5.41, 5.74) is 1.65. The first kappa shape index (κ1) is 27.3. The molecule has 9 nitrogen and oxygen atoms in total. The Balaban J connectivity index is 1.51. The molecule has 3 aromatic carbocycles. The third kappa shape index (κ3) is 6.40. The van der Waals surface area contributed by atoms with Crippen LogP contribution < -0.4 is 9.47 Å². The van der Waals surface area contributed by atoms with E-state index in [1.807, 2.05) is 43.3 Å². The van der Waals surface area contributed by atoms with Gasteiger partial charge < -0.3 is 9.47 Å². The Labute approximate surface area is 236 Å². The van der Waals surface area contributed by atoms with Gasteiger partial charge in [-0.25, -0.2) is 0 Å². The molecule has 3 aromatic rings. The molecule has 1 fully saturated rings. The molecule has 0 aromatic heterocycles. The number of thioether (sulfide) groups is 1. The number of nitro benzene ring substituents is 1. The first-order chi connectivity index (χ1) is 18.3. The lowest BCUT2D eigenvalue weighted by Crippen LogP contribution is -2.33. The topological polar surface area (TPSA) is 116 Å². The van der Waals surface area contributed by atoms with E-state index in [1.54, 1.807) is 12.1 Å². The minimum absolute atomic E-state index is 0.159. The van der Waals surface area contributed by atoms with Gasteiger partial charge >= 0.3 is 0 Å². The molecular formula is C27H21IN2O7S. The fourth-order valence-corrected chi connectivity index (χ4v) is 5.22. The number of rotatable bonds is 10. The lowest BCUT2D eigenvalue weighted by molar-refractivity contribution is -0.384. The van der Waals surface area contributed by atoms with Crippen molar-refractivity contribution in [2.45, 2.75) is 13.5 Å². The Morgan fingerprint density at radius 2 is 1.79 bits per heavy atom. The molecule has 0 spiro atoms. The van der Waals surface area contributed by atoms with Crippen LogP contribution in [-0.2, 0) is 11.4 Å². The average molecular weight is 644 g/mol. The van der Waals surface area contributed by atoms with E-state index in [-0.39, 0.29) is 16.2 Å². The van der Waals surface area contributed by atoms with Gasteiger partial charge in [-0.15, -0.1) is 0 Å². The lowest BCUT2D eigenvalue weighted by atomic mass is 10.1. The maximum Gasteiger partial charge on any atom is 0.293 e. The molecule has 1 heterocycles. The Kier molecular flexibility index (Phi) is 8.79. The van der Waals surface area contributed by atoms with Crippen LogP contribution in [0, 0.1) is 13.7 Å². The third-order valence-electron chi connectivity index (χ3n) is 5.43. The van der Waals surface area contributed by atoms with Gasteiger partial charge in [-0.3, -0.25) is 29.4 Å². The molecule has 1 aliphatic heterocycles. The number of carbonyl (C=O) groups is 3. The third-order valence-corrected chi connectivity index (χ3v) is 7.14. The predicted octanol–water partition coefficient (Wildman–Crippen LogP) is 6.10. The Morgan fingerprint density at radius 3 is 2.45 bits per heavy atom. The van der Waals surface area contributed by atoms with Crippen molar-refractivity contribution in [3.05, 3.63) is 102 Å². The number of hydrogen-bond acceptors (Lipinski definition) is 8. The van der Waals surface area contributed by atoms with Crippen LogP contribution in [0.4, 0.5) is 10.5 Å². The fraction of sp³-hybridized carbons (Fsp3) is 0.148. The number of benzene rings is 3. The average Bonchev–Trinajstić information content (AvgIpc) is 3.16. The van der Waals surface area contributed by atoms with E-state index in [2.05, 4.69) is 22.6 Å². The summed E-state index contributed by atoms with van der Waals surface area (Å²) in [4.78, 5) is 49.4. The van der Waals surface area contributed by atoms with Crippen LogP contribution in [0.2, 0.25) is 0 Å². The maximum atomic E-state index is 13.0. The number of ether oxygens (including phenoxy) is 2. The summed E-state index contributed by atoms with van der Waals surface area (Å²) in [6.07, 6.45) is 1.58. The molecule has 0 atom stereocenters. The highest BCUT2D eigenvalue weighted by Gasteiger charge is 2.36. The van der Waals surface area contributed by atoms with Gasteiger partial charge in [0.1, 0.15) is 6.61 Å². The van der Waals surface area contributed by atoms with Crippen molar-refractivity contribution in [3.8, 4) is 11.5 Å². The van der Waals surface area contributed by atoms with Gasteiger partial charge in [0.15, 0.2) is 17.3 Å². The van der Waals surface area contributed by atoms with Crippen molar-refractivity contribution >= 4 is 63.0 Å². The minimum atomic E-state index is -0.590. The van der Waals surface area contributed by atoms with E-state index in [0.29, 0.717) is 30.3 Å². The second-order valence-electron chi connectivity index (χ2n) is 8.03. The van der Waals surface area contributed by atoms with Crippen LogP contribution in [0.3, 0.4) is 0 Å². The van der Waals surface area contributed by atoms with Gasteiger partial charge in [0, 0.05) is 17.7 Å². The summed E-state index contributed by atoms with van der Waals surface area (Å²) in [6, 6.07) is 18.3. The zero-order chi connectivity index (χ0) is 27.2. The molecule has 1 aliphatic rings. The molecule has 1 saturated heterocycles. The van der Waals surface area contributed by atoms with Crippen LogP contribution in [0.15, 0.2) is 71.6 Å². The molecule has 0 radical (unpaired) electrons. The molecule has 11 heteroatoms. The Bertz CT molecular complexity index is 1430. The summed E-state index contributed by atoms with van der Waals surface area (Å²) in [5, 5.41) is 10.2. The highest BCUT2D eigenvalue weighted by molar-refractivity contribution is 14.1. The summed E-state index contributed by atoms with van der Waals surface area (Å²) >= 11 is 2.87. The summed E-state index contributed by atoms with van der Waals surface area (Å²) < 4.78 is 12.6. The molecule has 2 amide bonds. The predicted molar refractivity (Wildman–Crippen MR) is 151 cm³/mol. The van der Waals surface area contributed by atoms with E-state index in [0.717, 1.165) is 25.8 Å². The molecule has 0 aliphatic carbocycles. The Hall–Kier alpha value is -3.71. The van der Waals surface area contributed by atoms with Crippen LogP contribution >= 0.6 is 34.4 Å². The standard InChI is InChI=1S/C27H21IN2O7S/c1-2-36-23-13-18(12-21(28)25(23)37-16-17-6-4-3-5-7-17)14-24-26(32)29(27(33)38-24)15-22(31)19-8-10-20(11-9-19)30(34)35/h3-14H,2,15-16H2,1H3/b24-14+. The van der Waals surface area contributed by atoms with Crippen molar-refractivity contribution in [1.29, 1.82) is 0 Å². The number of amides is 2. The quantitative estimate of drug-likeness (QED) is 0.0856. The minimum Gasteiger partial charge on any atom is -0.490 e. The number of ketones is 1. The van der Waals surface area contributed by atoms with E-state index >= 15 is 0 Å². The number of hydrogen-bond donors (Lipinski definition) is 0. The highest BCUT2D eigenvalue weighted by atomic mass is 127. The first-order valence-electron chi connectivity index (χ1n) is 11.4. The van der Waals surface area contributed by atoms with Crippen molar-refractivity contribution < 1.29 is 28.8 Å². The second kappa shape index (κ2) is 12.2. The number of Topliss-reactive ketones (excluding diaryl/α,β-unsaturated/α-hetero) is 1. The van der Waals surface area contributed by atoms with Crippen LogP contribution in [0.25, 0.3) is 6.08 Å². The van der Waals surface area contributed by atoms with Crippen molar-refractivity contribution in [1.82, 2.24) is 4.90 Å². The lowest BCUT2D eigenvalue weighted by Gasteiger charge is -2.15. The Morgan fingerprint density at radius 1 is 1.08 bits per heavy atom. The van der Waals surface area contributed by atoms with Crippen LogP contribution in [0.1, 0.15) is 28.4 Å². The fourth-order valence-electron chi connectivity index (χ4n) is 3.60. The molecule has 194 valence electrons. The number of carbonyl (C=O) groups excluding carboxylic acids is 3. The summed E-state index contributed by atoms with van der Waals surface area (Å²) in [7, 11) is 0. The second-order valence-corrected chi connectivity index (χ2v) is 10.2. The van der Waals surface area contributed by atoms with Gasteiger partial charge in [-0.1, -0.05) is 30.3 Å². The molecule has 0 N–H and O–H groups in total. The van der Waals surface area contributed by atoms with Crippen LogP contribution in [-0.4, -0.2) is 39.9 Å². The van der Waals surface area contributed by atoms with Gasteiger partial charge in [0.2, 0.25) is 0 Å². The van der Waals surface area contributed by atoms with E-state index in [4.69, 9.17) is 9.47 Å². The molecular weight excluding hydrogens is 623 g/mol. The van der Waals surface area contributed by atoms with E-state index in [9.17, 15) is 24.5 Å². The number of nitrogens with zero attached hydrogens (tertiary/aromatic N) is 2. The number of non-ortho nitro benzene ring substituents is 1. The van der Waals surface area contributed by atoms with E-state index in [1.165, 1.54) is 24.3 Å². The van der Waals surface area contributed by atoms with Crippen molar-refractivity contribution in [2.24, 2.45) is 0 Å². The van der Waals surface area contributed by atoms with E-state index < -0.39 is 28.4 Å². The molecule has 38 heavy (non-hydrogen) atoms. The summed E-state index contributed by atoms with van der Waals surface area (Å²) in [5.74, 6) is -0.00593. The molecule has 4 rings (SSSR count). The highest BCUT2D eigenvalue weighted by Crippen LogP contribution is 2.38. The number of nitro groups is 1. The van der Waals surface area contributed by atoms with Gasteiger partial charge in [0.05, 0.1) is 26.6 Å². The van der Waals surface area contributed by atoms with Crippen LogP contribution in [0.5, 0.6) is 11.5 Å². The first-order valence-corrected chi connectivity index (χ1v) is 13.3. The molecule has 0 unspecified atom stereocenters. The largest absolute Gasteiger partial charge is 0.490 e. The van der Waals surface area contributed by atoms with Gasteiger partial charge in [0.25, 0.3) is 16.8 Å². The van der Waals surface area contributed by atoms with Crippen molar-refractivity contribution in [2.75, 3.05) is 13.2 Å². The smallest absolute Gasteiger partial charge is 0.293 e. The number of halogens is 1. The monoisotopic (exact) mass is 644 g/mol. The van der Waals surface area contributed by atoms with Gasteiger partial charge in [-0.05, 0) is 82.7 Å². The maximum absolute atomic E-state index is 13.0. The SMILES string of the molecule is CCOc1cc(/C=C2/SC(=O)N(CC(=O)c3ccc([N+](=O)[O-])cc3)C2=O)cc(I)c1OCc1ccccc1. The zero-order valence-electron chi connectivity index (χ0n) is 20.1.